The fraction of sp³-hybridized carbons (Fsp3) is 1.00. The maximum Gasteiger partial charge on any atom is 0.0319 e. The second-order valence-corrected chi connectivity index (χ2v) is 2.06. The molecule has 0 fully saturated rings. The van der Waals surface area contributed by atoms with Crippen molar-refractivity contribution in [2.24, 2.45) is 5.73 Å². The number of hydrogen-bond donors (Lipinski definition) is 3. The van der Waals surface area contributed by atoms with Gasteiger partial charge in [0.15, 0.2) is 0 Å². The van der Waals surface area contributed by atoms with Crippen LogP contribution in [-0.2, 0) is 0 Å². The van der Waals surface area contributed by atoms with Gasteiger partial charge in [-0.25, -0.2) is 0 Å². The van der Waals surface area contributed by atoms with Crippen molar-refractivity contribution in [3.63, 3.8) is 0 Å². The monoisotopic (exact) mass is 213 g/mol. The lowest BCUT2D eigenvalue weighted by molar-refractivity contribution is 0.399. The number of rotatable bonds is 2. The first kappa shape index (κ1) is 22.5. The molecule has 62 valence electrons. The summed E-state index contributed by atoms with van der Waals surface area (Å²) < 4.78 is 0. The molecule has 0 saturated heterocycles. The topological polar surface area (TPSA) is 46.2 Å². The van der Waals surface area contributed by atoms with Crippen molar-refractivity contribution in [2.45, 2.75) is 0 Å². The summed E-state index contributed by atoms with van der Waals surface area (Å²) in [5, 5.41) is 7.00. The van der Waals surface area contributed by atoms with E-state index in [9.17, 15) is 0 Å². The summed E-state index contributed by atoms with van der Waals surface area (Å²) in [5.74, 6) is 0.948. The Labute approximate surface area is 77.6 Å². The molecule has 0 heterocycles. The van der Waals surface area contributed by atoms with Gasteiger partial charge in [-0.1, -0.05) is 10.8 Å². The number of hydrogen-bond acceptors (Lipinski definition) is 4. The van der Waals surface area contributed by atoms with Crippen LogP contribution in [0.1, 0.15) is 0 Å². The Morgan fingerprint density at radius 2 is 1.78 bits per heavy atom. The Morgan fingerprint density at radius 1 is 1.44 bits per heavy atom. The highest BCUT2D eigenvalue weighted by Crippen LogP contribution is 1.99. The molecule has 6 heteroatoms. The Morgan fingerprint density at radius 3 is 1.78 bits per heavy atom. The maximum atomic E-state index is 7.00. The maximum absolute atomic E-state index is 7.00. The van der Waals surface area contributed by atoms with E-state index in [0.29, 0.717) is 0 Å². The van der Waals surface area contributed by atoms with Crippen molar-refractivity contribution in [3.8, 4) is 0 Å². The van der Waals surface area contributed by atoms with E-state index in [4.69, 9.17) is 10.8 Å². The van der Waals surface area contributed by atoms with Crippen molar-refractivity contribution in [1.82, 2.24) is 0 Å². The minimum absolute atomic E-state index is 0. The second-order valence-electron chi connectivity index (χ2n) is 0.622. The van der Waals surface area contributed by atoms with Gasteiger partial charge >= 0.3 is 0 Å². The van der Waals surface area contributed by atoms with Crippen molar-refractivity contribution in [2.75, 3.05) is 19.4 Å². The lowest BCUT2D eigenvalue weighted by Crippen LogP contribution is -1.98. The minimum atomic E-state index is 0. The third-order valence-electron chi connectivity index (χ3n) is 0.209. The molecule has 0 aliphatic rings. The van der Waals surface area contributed by atoms with Crippen LogP contribution in [0.25, 0.3) is 0 Å². The van der Waals surface area contributed by atoms with Crippen LogP contribution in [0.15, 0.2) is 0 Å². The molecule has 0 spiro atoms. The highest BCUT2D eigenvalue weighted by molar-refractivity contribution is 8.68. The zero-order chi connectivity index (χ0) is 6.12. The van der Waals surface area contributed by atoms with Gasteiger partial charge in [-0.2, -0.15) is 0 Å². The van der Waals surface area contributed by atoms with Crippen molar-refractivity contribution in [3.05, 3.63) is 0 Å². The molecule has 0 aromatic heterocycles. The van der Waals surface area contributed by atoms with Gasteiger partial charge in [0.1, 0.15) is 0 Å². The molecule has 0 atom stereocenters. The van der Waals surface area contributed by atoms with Gasteiger partial charge < -0.3 is 10.8 Å². The summed E-state index contributed by atoms with van der Waals surface area (Å²) in [7, 11) is 2.47. The van der Waals surface area contributed by atoms with Crippen molar-refractivity contribution >= 4 is 47.3 Å². The van der Waals surface area contributed by atoms with Crippen LogP contribution in [0.2, 0.25) is 0 Å². The van der Waals surface area contributed by atoms with Crippen LogP contribution in [0.5, 0.6) is 0 Å². The average molecular weight is 214 g/mol. The molecule has 2 nitrogen and oxygen atoms in total. The standard InChI is InChI=1S/C2H7NS2.CH4O.2ClH/c3-1-2-5-4;1-2;;/h4H,1-3H2;2H,1H3;2*1H. The van der Waals surface area contributed by atoms with Crippen LogP contribution in [-0.4, -0.2) is 24.5 Å². The smallest absolute Gasteiger partial charge is 0.0319 e. The van der Waals surface area contributed by atoms with Crippen molar-refractivity contribution in [1.29, 1.82) is 0 Å². The van der Waals surface area contributed by atoms with Crippen molar-refractivity contribution < 1.29 is 5.11 Å². The predicted octanol–water partition coefficient (Wildman–Crippen LogP) is 0.975. The van der Waals surface area contributed by atoms with Crippen LogP contribution in [0, 0.1) is 0 Å². The Hall–Kier alpha value is 1.20. The summed E-state index contributed by atoms with van der Waals surface area (Å²) in [6.07, 6.45) is 0. The number of halogens is 2. The molecule has 0 bridgehead atoms. The van der Waals surface area contributed by atoms with Gasteiger partial charge in [0, 0.05) is 19.4 Å². The van der Waals surface area contributed by atoms with Gasteiger partial charge in [-0.05, 0) is 0 Å². The van der Waals surface area contributed by atoms with E-state index < -0.39 is 0 Å². The van der Waals surface area contributed by atoms with Crippen LogP contribution in [0.4, 0.5) is 0 Å². The lowest BCUT2D eigenvalue weighted by atomic mass is 10.8. The molecular formula is C3H13Cl2NOS2. The average Bonchev–Trinajstić information content (AvgIpc) is 1.75. The molecule has 0 radical (unpaired) electrons. The minimum Gasteiger partial charge on any atom is -0.400 e. The molecule has 0 rings (SSSR count). The molecule has 0 amide bonds. The Kier molecular flexibility index (Phi) is 87.5. The third-order valence-corrected chi connectivity index (χ3v) is 1.18. The molecule has 0 saturated carbocycles. The lowest BCUT2D eigenvalue weighted by Gasteiger charge is -1.79. The molecule has 0 aliphatic heterocycles. The summed E-state index contributed by atoms with van der Waals surface area (Å²) >= 11 is 3.84. The van der Waals surface area contributed by atoms with E-state index in [0.717, 1.165) is 19.4 Å². The third kappa shape index (κ3) is 46.6. The van der Waals surface area contributed by atoms with Crippen LogP contribution in [0.3, 0.4) is 0 Å². The summed E-state index contributed by atoms with van der Waals surface area (Å²) in [6, 6.07) is 0. The first-order valence-electron chi connectivity index (χ1n) is 1.83. The predicted molar refractivity (Wildman–Crippen MR) is 53.1 cm³/mol. The van der Waals surface area contributed by atoms with E-state index in [1.165, 1.54) is 10.8 Å². The van der Waals surface area contributed by atoms with E-state index in [2.05, 4.69) is 11.7 Å². The van der Waals surface area contributed by atoms with Gasteiger partial charge in [0.05, 0.1) is 0 Å². The number of aliphatic hydroxyl groups is 1. The quantitative estimate of drug-likeness (QED) is 0.474. The SMILES string of the molecule is CO.Cl.Cl.NCCSS. The van der Waals surface area contributed by atoms with E-state index >= 15 is 0 Å². The molecule has 0 unspecified atom stereocenters. The molecule has 0 aromatic rings. The Balaban J connectivity index is -0.0000000286. The van der Waals surface area contributed by atoms with Crippen LogP contribution < -0.4 is 5.73 Å². The number of aliphatic hydroxyl groups excluding tert-OH is 1. The summed E-state index contributed by atoms with van der Waals surface area (Å²) in [4.78, 5) is 0. The van der Waals surface area contributed by atoms with Gasteiger partial charge in [0.2, 0.25) is 0 Å². The van der Waals surface area contributed by atoms with E-state index in [1.807, 2.05) is 0 Å². The van der Waals surface area contributed by atoms with E-state index in [1.54, 1.807) is 0 Å². The fourth-order valence-corrected chi connectivity index (χ4v) is 0.474. The summed E-state index contributed by atoms with van der Waals surface area (Å²) in [5.41, 5.74) is 5.07. The largest absolute Gasteiger partial charge is 0.400 e. The fourth-order valence-electron chi connectivity index (χ4n) is 0.0527. The molecule has 9 heavy (non-hydrogen) atoms. The van der Waals surface area contributed by atoms with Gasteiger partial charge in [-0.15, -0.1) is 36.5 Å². The first-order chi connectivity index (χ1) is 3.41. The zero-order valence-corrected chi connectivity index (χ0v) is 8.45. The number of nitrogens with two attached hydrogens (primary N) is 1. The molecule has 0 aromatic carbocycles. The van der Waals surface area contributed by atoms with Gasteiger partial charge in [0.25, 0.3) is 0 Å². The summed E-state index contributed by atoms with van der Waals surface area (Å²) in [6.45, 7) is 0.730. The Bertz CT molecular complexity index is 27.3. The number of thiol groups is 1. The first-order valence-corrected chi connectivity index (χ1v) is 3.86. The van der Waals surface area contributed by atoms with E-state index in [-0.39, 0.29) is 24.8 Å². The van der Waals surface area contributed by atoms with Crippen LogP contribution >= 0.6 is 47.3 Å². The zero-order valence-electron chi connectivity index (χ0n) is 5.11. The highest BCUT2D eigenvalue weighted by Gasteiger charge is 1.68. The second kappa shape index (κ2) is 35.1. The van der Waals surface area contributed by atoms with Gasteiger partial charge in [-0.3, -0.25) is 0 Å². The highest BCUT2D eigenvalue weighted by atomic mass is 35.5. The molecular weight excluding hydrogens is 201 g/mol. The molecule has 3 N–H and O–H groups in total. The normalized spacial score (nSPS) is 5.33. The molecule has 0 aliphatic carbocycles.